The summed E-state index contributed by atoms with van der Waals surface area (Å²) in [7, 11) is 0. The highest BCUT2D eigenvalue weighted by Gasteiger charge is 1.96. The molecule has 0 aromatic carbocycles. The number of nitrogens with one attached hydrogen (secondary N) is 1. The maximum absolute atomic E-state index is 10.6. The van der Waals surface area contributed by atoms with Gasteiger partial charge in [0.1, 0.15) is 5.78 Å². The van der Waals surface area contributed by atoms with Gasteiger partial charge in [0.05, 0.1) is 0 Å². The Morgan fingerprint density at radius 3 is 2.58 bits per heavy atom. The number of hydrogen-bond acceptors (Lipinski definition) is 4. The lowest BCUT2D eigenvalue weighted by Crippen LogP contribution is -2.13. The van der Waals surface area contributed by atoms with Crippen molar-refractivity contribution in [2.24, 2.45) is 5.10 Å². The number of carbonyl (C=O) groups excluding carboxylic acids is 1. The molecule has 0 aliphatic heterocycles. The average molecular weight is 204 g/mol. The van der Waals surface area contributed by atoms with Crippen LogP contribution in [0.4, 0.5) is 0 Å². The van der Waals surface area contributed by atoms with E-state index in [4.69, 9.17) is 12.2 Å². The van der Waals surface area contributed by atoms with E-state index in [-0.39, 0.29) is 5.78 Å². The van der Waals surface area contributed by atoms with E-state index in [9.17, 15) is 4.79 Å². The Bertz CT molecular complexity index is 213. The summed E-state index contributed by atoms with van der Waals surface area (Å²) in [5.74, 6) is 0.105. The van der Waals surface area contributed by atoms with Crippen LogP contribution in [0.5, 0.6) is 0 Å². The van der Waals surface area contributed by atoms with Crippen LogP contribution in [-0.2, 0) is 4.79 Å². The summed E-state index contributed by atoms with van der Waals surface area (Å²) in [4.78, 5) is 10.6. The first-order valence-corrected chi connectivity index (χ1v) is 5.06. The molecule has 0 bridgehead atoms. The van der Waals surface area contributed by atoms with Crippen molar-refractivity contribution >= 4 is 39.8 Å². The van der Waals surface area contributed by atoms with E-state index in [0.717, 1.165) is 5.71 Å². The Balaban J connectivity index is 3.84. The number of carbonyl (C=O) groups is 1. The largest absolute Gasteiger partial charge is 0.300 e. The first-order valence-electron chi connectivity index (χ1n) is 3.42. The van der Waals surface area contributed by atoms with E-state index in [1.807, 2.05) is 6.26 Å². The fraction of sp³-hybridized carbons (Fsp3) is 0.571. The number of nitrogens with zero attached hydrogens (tertiary/aromatic N) is 1. The number of thioether (sulfide) groups is 1. The van der Waals surface area contributed by atoms with Gasteiger partial charge in [-0.05, 0) is 20.1 Å². The second kappa shape index (κ2) is 6.14. The topological polar surface area (TPSA) is 41.5 Å². The number of hydrogen-bond donors (Lipinski definition) is 1. The lowest BCUT2D eigenvalue weighted by molar-refractivity contribution is -0.115. The predicted molar refractivity (Wildman–Crippen MR) is 57.7 cm³/mol. The highest BCUT2D eigenvalue weighted by atomic mass is 32.2. The van der Waals surface area contributed by atoms with Crippen molar-refractivity contribution in [2.75, 3.05) is 6.26 Å². The standard InChI is InChI=1S/C7H12N2OS2/c1-5(4-6(2)10)8-9-7(11)12-3/h4H2,1-3H3,(H,9,11). The molecule has 5 heteroatoms. The molecule has 0 atom stereocenters. The lowest BCUT2D eigenvalue weighted by Gasteiger charge is -1.99. The second-order valence-corrected chi connectivity index (χ2v) is 3.81. The summed E-state index contributed by atoms with van der Waals surface area (Å²) in [6.45, 7) is 3.32. The van der Waals surface area contributed by atoms with Gasteiger partial charge in [-0.3, -0.25) is 10.2 Å². The van der Waals surface area contributed by atoms with Gasteiger partial charge in [-0.25, -0.2) is 0 Å². The zero-order valence-corrected chi connectivity index (χ0v) is 9.01. The first kappa shape index (κ1) is 11.6. The molecule has 0 saturated carbocycles. The van der Waals surface area contributed by atoms with Gasteiger partial charge >= 0.3 is 0 Å². The molecule has 0 fully saturated rings. The van der Waals surface area contributed by atoms with Crippen LogP contribution in [0.25, 0.3) is 0 Å². The van der Waals surface area contributed by atoms with Crippen LogP contribution in [0.3, 0.4) is 0 Å². The van der Waals surface area contributed by atoms with Crippen molar-refractivity contribution in [3.05, 3.63) is 0 Å². The molecule has 0 heterocycles. The van der Waals surface area contributed by atoms with Gasteiger partial charge in [-0.15, -0.1) is 0 Å². The third-order valence-corrected chi connectivity index (χ3v) is 2.08. The molecular weight excluding hydrogens is 192 g/mol. The Morgan fingerprint density at radius 1 is 1.58 bits per heavy atom. The van der Waals surface area contributed by atoms with E-state index in [1.54, 1.807) is 6.92 Å². The van der Waals surface area contributed by atoms with E-state index in [1.165, 1.54) is 18.7 Å². The molecule has 0 unspecified atom stereocenters. The molecule has 0 aliphatic carbocycles. The molecule has 1 N–H and O–H groups in total. The Labute approximate surface area is 82.0 Å². The molecule has 68 valence electrons. The van der Waals surface area contributed by atoms with Crippen LogP contribution >= 0.6 is 24.0 Å². The zero-order chi connectivity index (χ0) is 9.56. The summed E-state index contributed by atoms with van der Waals surface area (Å²) >= 11 is 6.26. The Morgan fingerprint density at radius 2 is 2.17 bits per heavy atom. The van der Waals surface area contributed by atoms with Gasteiger partial charge in [-0.2, -0.15) is 5.10 Å². The van der Waals surface area contributed by atoms with Crippen LogP contribution in [-0.4, -0.2) is 22.1 Å². The molecule has 0 amide bonds. The zero-order valence-electron chi connectivity index (χ0n) is 7.38. The van der Waals surface area contributed by atoms with Gasteiger partial charge in [-0.1, -0.05) is 24.0 Å². The molecule has 12 heavy (non-hydrogen) atoms. The molecule has 0 rings (SSSR count). The third-order valence-electron chi connectivity index (χ3n) is 1.03. The van der Waals surface area contributed by atoms with Crippen molar-refractivity contribution in [1.29, 1.82) is 0 Å². The van der Waals surface area contributed by atoms with Gasteiger partial charge in [0.25, 0.3) is 0 Å². The number of rotatable bonds is 3. The van der Waals surface area contributed by atoms with Crippen LogP contribution in [0, 0.1) is 0 Å². The molecule has 3 nitrogen and oxygen atoms in total. The molecule has 0 radical (unpaired) electrons. The van der Waals surface area contributed by atoms with Crippen LogP contribution < -0.4 is 5.43 Å². The average Bonchev–Trinajstić information content (AvgIpc) is 1.99. The monoisotopic (exact) mass is 204 g/mol. The highest BCUT2D eigenvalue weighted by Crippen LogP contribution is 1.94. The summed E-state index contributed by atoms with van der Waals surface area (Å²) in [5, 5.41) is 3.92. The first-order chi connectivity index (χ1) is 5.56. The summed E-state index contributed by atoms with van der Waals surface area (Å²) < 4.78 is 0.609. The Hall–Kier alpha value is -0.420. The van der Waals surface area contributed by atoms with Crippen molar-refractivity contribution < 1.29 is 4.79 Å². The third kappa shape index (κ3) is 6.30. The number of thiocarbonyl (C=S) groups is 1. The van der Waals surface area contributed by atoms with Gasteiger partial charge in [0.15, 0.2) is 4.32 Å². The quantitative estimate of drug-likeness (QED) is 0.430. The maximum atomic E-state index is 10.6. The molecule has 0 aromatic heterocycles. The van der Waals surface area contributed by atoms with Gasteiger partial charge < -0.3 is 0 Å². The smallest absolute Gasteiger partial charge is 0.153 e. The molecule has 0 aromatic rings. The predicted octanol–water partition coefficient (Wildman–Crippen LogP) is 1.58. The highest BCUT2D eigenvalue weighted by molar-refractivity contribution is 8.22. The molecule has 0 aliphatic rings. The molecule has 0 spiro atoms. The van der Waals surface area contributed by atoms with Gasteiger partial charge in [0.2, 0.25) is 0 Å². The lowest BCUT2D eigenvalue weighted by atomic mass is 10.2. The van der Waals surface area contributed by atoms with Crippen molar-refractivity contribution in [2.45, 2.75) is 20.3 Å². The summed E-state index contributed by atoms with van der Waals surface area (Å²) in [6.07, 6.45) is 2.25. The fourth-order valence-corrected chi connectivity index (χ4v) is 0.769. The molecule has 0 saturated heterocycles. The van der Waals surface area contributed by atoms with Crippen molar-refractivity contribution in [3.63, 3.8) is 0 Å². The minimum Gasteiger partial charge on any atom is -0.300 e. The number of Topliss-reactive ketones (excluding diaryl/α,β-unsaturated/α-hetero) is 1. The van der Waals surface area contributed by atoms with Crippen molar-refractivity contribution in [3.8, 4) is 0 Å². The van der Waals surface area contributed by atoms with Crippen molar-refractivity contribution in [1.82, 2.24) is 5.43 Å². The van der Waals surface area contributed by atoms with E-state index in [0.29, 0.717) is 10.7 Å². The van der Waals surface area contributed by atoms with E-state index < -0.39 is 0 Å². The number of hydrazone groups is 1. The minimum atomic E-state index is 0.105. The van der Waals surface area contributed by atoms with Crippen LogP contribution in [0.15, 0.2) is 5.10 Å². The Kier molecular flexibility index (Phi) is 5.92. The van der Waals surface area contributed by atoms with E-state index >= 15 is 0 Å². The van der Waals surface area contributed by atoms with Gasteiger partial charge in [0, 0.05) is 12.1 Å². The normalized spacial score (nSPS) is 11.1. The van der Waals surface area contributed by atoms with Crippen LogP contribution in [0.2, 0.25) is 0 Å². The minimum absolute atomic E-state index is 0.105. The van der Waals surface area contributed by atoms with Crippen LogP contribution in [0.1, 0.15) is 20.3 Å². The second-order valence-electron chi connectivity index (χ2n) is 2.33. The number of ketones is 1. The molecular formula is C7H12N2OS2. The summed E-state index contributed by atoms with van der Waals surface area (Å²) in [6, 6.07) is 0. The maximum Gasteiger partial charge on any atom is 0.153 e. The summed E-state index contributed by atoms with van der Waals surface area (Å²) in [5.41, 5.74) is 3.42. The SMILES string of the molecule is CSC(=S)NN=C(C)CC(C)=O. The van der Waals surface area contributed by atoms with E-state index in [2.05, 4.69) is 10.5 Å². The fourth-order valence-electron chi connectivity index (χ4n) is 0.587.